The number of aryl methyl sites for hydroxylation is 1. The summed E-state index contributed by atoms with van der Waals surface area (Å²) in [7, 11) is 0. The highest BCUT2D eigenvalue weighted by Crippen LogP contribution is 2.32. The summed E-state index contributed by atoms with van der Waals surface area (Å²) in [6, 6.07) is 9.30. The molecule has 0 radical (unpaired) electrons. The fourth-order valence-corrected chi connectivity index (χ4v) is 3.55. The van der Waals surface area contributed by atoms with Gasteiger partial charge in [-0.15, -0.1) is 11.3 Å². The number of carbonyl (C=O) groups is 1. The monoisotopic (exact) mass is 283 g/mol. The molecular weight excluding hydrogens is 270 g/mol. The zero-order valence-electron chi connectivity index (χ0n) is 11.0. The number of aromatic nitrogens is 1. The molecule has 0 fully saturated rings. The maximum Gasteiger partial charge on any atom is 0.335 e. The number of carboxylic acids is 1. The number of hydrogen-bond donors (Lipinski definition) is 1. The molecule has 100 valence electrons. The second-order valence-corrected chi connectivity index (χ2v) is 5.84. The van der Waals surface area contributed by atoms with Crippen molar-refractivity contribution in [2.45, 2.75) is 13.3 Å². The number of rotatable bonds is 3. The molecule has 3 nitrogen and oxygen atoms in total. The summed E-state index contributed by atoms with van der Waals surface area (Å²) in [5.74, 6) is -0.883. The van der Waals surface area contributed by atoms with Gasteiger partial charge in [0.1, 0.15) is 0 Å². The van der Waals surface area contributed by atoms with Gasteiger partial charge in [-0.2, -0.15) is 0 Å². The SMILES string of the molecule is Cc1c(Cc2cccnc2)sc2cc(C(=O)O)ccc12. The molecule has 2 heterocycles. The molecule has 2 aromatic heterocycles. The van der Waals surface area contributed by atoms with Crippen LogP contribution in [0, 0.1) is 6.92 Å². The van der Waals surface area contributed by atoms with E-state index in [1.54, 1.807) is 29.7 Å². The molecule has 1 N–H and O–H groups in total. The van der Waals surface area contributed by atoms with Crippen molar-refractivity contribution in [1.82, 2.24) is 4.98 Å². The summed E-state index contributed by atoms with van der Waals surface area (Å²) in [4.78, 5) is 16.4. The Morgan fingerprint density at radius 3 is 2.90 bits per heavy atom. The fourth-order valence-electron chi connectivity index (χ4n) is 2.27. The Morgan fingerprint density at radius 1 is 1.35 bits per heavy atom. The summed E-state index contributed by atoms with van der Waals surface area (Å²) in [6.45, 7) is 2.09. The third-order valence-corrected chi connectivity index (χ3v) is 4.63. The summed E-state index contributed by atoms with van der Waals surface area (Å²) >= 11 is 1.66. The quantitative estimate of drug-likeness (QED) is 0.793. The lowest BCUT2D eigenvalue weighted by Gasteiger charge is -1.99. The number of nitrogens with zero attached hydrogens (tertiary/aromatic N) is 1. The first-order valence-electron chi connectivity index (χ1n) is 6.29. The van der Waals surface area contributed by atoms with Crippen molar-refractivity contribution in [3.05, 3.63) is 64.3 Å². The van der Waals surface area contributed by atoms with Crippen LogP contribution in [0.5, 0.6) is 0 Å². The molecule has 0 aliphatic carbocycles. The number of fused-ring (bicyclic) bond motifs is 1. The first kappa shape index (κ1) is 12.8. The van der Waals surface area contributed by atoms with Crippen LogP contribution in [0.4, 0.5) is 0 Å². The average Bonchev–Trinajstić information content (AvgIpc) is 2.76. The maximum atomic E-state index is 11.0. The molecule has 0 amide bonds. The highest BCUT2D eigenvalue weighted by molar-refractivity contribution is 7.19. The predicted molar refractivity (Wildman–Crippen MR) is 80.6 cm³/mol. The van der Waals surface area contributed by atoms with Gasteiger partial charge in [0.2, 0.25) is 0 Å². The lowest BCUT2D eigenvalue weighted by Crippen LogP contribution is -1.94. The molecule has 0 bridgehead atoms. The van der Waals surface area contributed by atoms with Crippen molar-refractivity contribution in [3.8, 4) is 0 Å². The topological polar surface area (TPSA) is 50.2 Å². The average molecular weight is 283 g/mol. The van der Waals surface area contributed by atoms with E-state index in [1.165, 1.54) is 16.0 Å². The molecule has 0 unspecified atom stereocenters. The van der Waals surface area contributed by atoms with Gasteiger partial charge in [0.25, 0.3) is 0 Å². The molecular formula is C16H13NO2S. The fraction of sp³-hybridized carbons (Fsp3) is 0.125. The number of benzene rings is 1. The minimum absolute atomic E-state index is 0.340. The molecule has 20 heavy (non-hydrogen) atoms. The summed E-state index contributed by atoms with van der Waals surface area (Å²) in [5.41, 5.74) is 2.73. The lowest BCUT2D eigenvalue weighted by molar-refractivity contribution is 0.0697. The van der Waals surface area contributed by atoms with E-state index in [4.69, 9.17) is 5.11 Å². The normalized spacial score (nSPS) is 10.8. The molecule has 0 saturated heterocycles. The van der Waals surface area contributed by atoms with E-state index < -0.39 is 5.97 Å². The zero-order valence-corrected chi connectivity index (χ0v) is 11.8. The molecule has 0 aliphatic heterocycles. The van der Waals surface area contributed by atoms with E-state index in [1.807, 2.05) is 18.3 Å². The third-order valence-electron chi connectivity index (χ3n) is 3.37. The van der Waals surface area contributed by atoms with Crippen molar-refractivity contribution < 1.29 is 9.90 Å². The number of thiophene rings is 1. The van der Waals surface area contributed by atoms with Gasteiger partial charge in [0, 0.05) is 28.4 Å². The van der Waals surface area contributed by atoms with Crippen LogP contribution in [0.2, 0.25) is 0 Å². The van der Waals surface area contributed by atoms with Gasteiger partial charge in [-0.05, 0) is 41.6 Å². The molecule has 3 aromatic rings. The first-order valence-corrected chi connectivity index (χ1v) is 7.11. The molecule has 0 aliphatic rings. The van der Waals surface area contributed by atoms with Gasteiger partial charge in [-0.3, -0.25) is 4.98 Å². The Labute approximate surface area is 120 Å². The van der Waals surface area contributed by atoms with E-state index in [0.717, 1.165) is 16.5 Å². The minimum atomic E-state index is -0.883. The zero-order chi connectivity index (χ0) is 14.1. The van der Waals surface area contributed by atoms with Crippen LogP contribution in [0.25, 0.3) is 10.1 Å². The summed E-state index contributed by atoms with van der Waals surface area (Å²) < 4.78 is 1.03. The lowest BCUT2D eigenvalue weighted by atomic mass is 10.1. The van der Waals surface area contributed by atoms with Crippen molar-refractivity contribution >= 4 is 27.4 Å². The van der Waals surface area contributed by atoms with Crippen LogP contribution in [0.1, 0.15) is 26.4 Å². The Morgan fingerprint density at radius 2 is 2.20 bits per heavy atom. The van der Waals surface area contributed by atoms with Crippen molar-refractivity contribution in [1.29, 1.82) is 0 Å². The highest BCUT2D eigenvalue weighted by atomic mass is 32.1. The van der Waals surface area contributed by atoms with E-state index in [2.05, 4.69) is 18.0 Å². The smallest absolute Gasteiger partial charge is 0.335 e. The Balaban J connectivity index is 2.04. The van der Waals surface area contributed by atoms with Gasteiger partial charge in [-0.25, -0.2) is 4.79 Å². The number of pyridine rings is 1. The van der Waals surface area contributed by atoms with Crippen LogP contribution < -0.4 is 0 Å². The largest absolute Gasteiger partial charge is 0.478 e. The Hall–Kier alpha value is -2.20. The second kappa shape index (κ2) is 5.06. The van der Waals surface area contributed by atoms with Crippen molar-refractivity contribution in [3.63, 3.8) is 0 Å². The van der Waals surface area contributed by atoms with Crippen LogP contribution in [0.15, 0.2) is 42.7 Å². The first-order chi connectivity index (χ1) is 9.65. The van der Waals surface area contributed by atoms with Crippen LogP contribution in [-0.2, 0) is 6.42 Å². The van der Waals surface area contributed by atoms with Crippen molar-refractivity contribution in [2.24, 2.45) is 0 Å². The third kappa shape index (κ3) is 2.30. The van der Waals surface area contributed by atoms with Crippen LogP contribution in [-0.4, -0.2) is 16.1 Å². The number of carboxylic acid groups (broad SMARTS) is 1. The van der Waals surface area contributed by atoms with E-state index in [9.17, 15) is 4.79 Å². The highest BCUT2D eigenvalue weighted by Gasteiger charge is 2.11. The standard InChI is InChI=1S/C16H13NO2S/c1-10-13-5-4-12(16(18)19)8-15(13)20-14(10)7-11-3-2-6-17-9-11/h2-6,8-9H,7H2,1H3,(H,18,19). The Bertz CT molecular complexity index is 778. The molecule has 0 spiro atoms. The molecule has 0 atom stereocenters. The molecule has 3 rings (SSSR count). The van der Waals surface area contributed by atoms with Gasteiger partial charge in [0.05, 0.1) is 5.56 Å². The van der Waals surface area contributed by atoms with Gasteiger partial charge in [-0.1, -0.05) is 12.1 Å². The van der Waals surface area contributed by atoms with E-state index in [0.29, 0.717) is 5.56 Å². The Kier molecular flexibility index (Phi) is 3.24. The molecule has 0 saturated carbocycles. The van der Waals surface area contributed by atoms with E-state index >= 15 is 0 Å². The van der Waals surface area contributed by atoms with Crippen LogP contribution >= 0.6 is 11.3 Å². The van der Waals surface area contributed by atoms with Crippen molar-refractivity contribution in [2.75, 3.05) is 0 Å². The summed E-state index contributed by atoms with van der Waals surface area (Å²) in [6.07, 6.45) is 4.47. The maximum absolute atomic E-state index is 11.0. The van der Waals surface area contributed by atoms with Gasteiger partial charge >= 0.3 is 5.97 Å². The molecule has 4 heteroatoms. The molecule has 1 aromatic carbocycles. The van der Waals surface area contributed by atoms with Gasteiger partial charge in [0.15, 0.2) is 0 Å². The van der Waals surface area contributed by atoms with E-state index in [-0.39, 0.29) is 0 Å². The number of hydrogen-bond acceptors (Lipinski definition) is 3. The van der Waals surface area contributed by atoms with Gasteiger partial charge < -0.3 is 5.11 Å². The predicted octanol–water partition coefficient (Wildman–Crippen LogP) is 3.89. The number of aromatic carboxylic acids is 1. The minimum Gasteiger partial charge on any atom is -0.478 e. The second-order valence-electron chi connectivity index (χ2n) is 4.70. The summed E-state index contributed by atoms with van der Waals surface area (Å²) in [5, 5.41) is 10.2. The van der Waals surface area contributed by atoms with Crippen LogP contribution in [0.3, 0.4) is 0 Å².